The summed E-state index contributed by atoms with van der Waals surface area (Å²) in [6, 6.07) is 0. The molecule has 0 heterocycles. The molecule has 4 nitrogen and oxygen atoms in total. The summed E-state index contributed by atoms with van der Waals surface area (Å²) in [5, 5.41) is 6.30. The second-order valence-corrected chi connectivity index (χ2v) is 5.85. The molecule has 0 aliphatic heterocycles. The van der Waals surface area contributed by atoms with Gasteiger partial charge in [-0.2, -0.15) is 13.2 Å². The van der Waals surface area contributed by atoms with Crippen molar-refractivity contribution in [2.75, 3.05) is 32.8 Å². The highest BCUT2D eigenvalue weighted by Crippen LogP contribution is 2.43. The van der Waals surface area contributed by atoms with Crippen LogP contribution in [0.3, 0.4) is 0 Å². The van der Waals surface area contributed by atoms with E-state index in [2.05, 4.69) is 27.3 Å². The summed E-state index contributed by atoms with van der Waals surface area (Å²) in [6.45, 7) is 5.21. The van der Waals surface area contributed by atoms with Gasteiger partial charge in [-0.05, 0) is 38.0 Å². The Morgan fingerprint density at radius 3 is 2.45 bits per heavy atom. The van der Waals surface area contributed by atoms with Gasteiger partial charge in [0.25, 0.3) is 0 Å². The quantitative estimate of drug-likeness (QED) is 0.389. The van der Waals surface area contributed by atoms with Crippen LogP contribution in [-0.4, -0.2) is 45.0 Å². The van der Waals surface area contributed by atoms with E-state index in [0.717, 1.165) is 25.5 Å². The van der Waals surface area contributed by atoms with E-state index >= 15 is 0 Å². The van der Waals surface area contributed by atoms with Crippen LogP contribution >= 0.6 is 0 Å². The zero-order valence-corrected chi connectivity index (χ0v) is 13.6. The summed E-state index contributed by atoms with van der Waals surface area (Å²) in [4.78, 5) is 4.61. The molecule has 7 heteroatoms. The van der Waals surface area contributed by atoms with Crippen LogP contribution in [0.1, 0.15) is 46.0 Å². The summed E-state index contributed by atoms with van der Waals surface area (Å²) in [5.74, 6) is 0.734. The number of aliphatic imine (C=N–C) groups is 1. The van der Waals surface area contributed by atoms with Gasteiger partial charge in [0.2, 0.25) is 0 Å². The Balaban J connectivity index is 2.23. The zero-order chi connectivity index (χ0) is 16.5. The Hall–Kier alpha value is -0.980. The van der Waals surface area contributed by atoms with Crippen LogP contribution in [-0.2, 0) is 4.74 Å². The van der Waals surface area contributed by atoms with Crippen LogP contribution in [0.4, 0.5) is 13.2 Å². The van der Waals surface area contributed by atoms with Crippen molar-refractivity contribution >= 4 is 5.96 Å². The van der Waals surface area contributed by atoms with E-state index in [4.69, 9.17) is 0 Å². The fourth-order valence-electron chi connectivity index (χ4n) is 2.46. The number of alkyl halides is 3. The van der Waals surface area contributed by atoms with E-state index in [1.165, 1.54) is 19.3 Å². The molecule has 130 valence electrons. The van der Waals surface area contributed by atoms with E-state index < -0.39 is 12.8 Å². The van der Waals surface area contributed by atoms with E-state index in [1.54, 1.807) is 0 Å². The molecular weight excluding hydrogens is 295 g/mol. The second kappa shape index (κ2) is 9.22. The Morgan fingerprint density at radius 2 is 1.95 bits per heavy atom. The van der Waals surface area contributed by atoms with Crippen LogP contribution in [0.25, 0.3) is 0 Å². The third-order valence-electron chi connectivity index (χ3n) is 4.10. The van der Waals surface area contributed by atoms with Crippen LogP contribution in [0.2, 0.25) is 0 Å². The molecule has 0 radical (unpaired) electrons. The zero-order valence-electron chi connectivity index (χ0n) is 13.6. The van der Waals surface area contributed by atoms with Gasteiger partial charge in [0.15, 0.2) is 5.96 Å². The van der Waals surface area contributed by atoms with Gasteiger partial charge in [0.05, 0.1) is 0 Å². The number of nitrogens with zero attached hydrogens (tertiary/aromatic N) is 1. The predicted octanol–water partition coefficient (Wildman–Crippen LogP) is 3.09. The highest BCUT2D eigenvalue weighted by molar-refractivity contribution is 5.79. The third-order valence-corrected chi connectivity index (χ3v) is 4.10. The fourth-order valence-corrected chi connectivity index (χ4v) is 2.46. The second-order valence-electron chi connectivity index (χ2n) is 5.85. The lowest BCUT2D eigenvalue weighted by atomic mass is 9.67. The first-order valence-electron chi connectivity index (χ1n) is 8.07. The largest absolute Gasteiger partial charge is 0.411 e. The molecule has 0 aromatic rings. The number of halogens is 3. The van der Waals surface area contributed by atoms with E-state index in [0.29, 0.717) is 18.4 Å². The van der Waals surface area contributed by atoms with Crippen molar-refractivity contribution in [3.8, 4) is 0 Å². The molecule has 1 fully saturated rings. The van der Waals surface area contributed by atoms with Crippen molar-refractivity contribution in [3.63, 3.8) is 0 Å². The first kappa shape index (κ1) is 19.1. The van der Waals surface area contributed by atoms with Crippen LogP contribution in [0.15, 0.2) is 4.99 Å². The van der Waals surface area contributed by atoms with Crippen molar-refractivity contribution in [2.24, 2.45) is 10.4 Å². The van der Waals surface area contributed by atoms with Crippen molar-refractivity contribution < 1.29 is 17.9 Å². The Bertz CT molecular complexity index is 336. The molecule has 0 saturated heterocycles. The first-order valence-corrected chi connectivity index (χ1v) is 8.07. The molecule has 22 heavy (non-hydrogen) atoms. The Kier molecular flexibility index (Phi) is 8.00. The topological polar surface area (TPSA) is 45.7 Å². The van der Waals surface area contributed by atoms with Crippen molar-refractivity contribution in [1.82, 2.24) is 10.6 Å². The summed E-state index contributed by atoms with van der Waals surface area (Å²) < 4.78 is 40.3. The minimum absolute atomic E-state index is 0.0881. The normalized spacial score (nSPS) is 18.0. The standard InChI is InChI=1S/C15H28F3N3O/c1-3-14(7-5-8-14)11-21-13(19-4-2)20-9-6-10-22-12-15(16,17)18/h3-12H2,1-2H3,(H2,19,20,21). The molecule has 1 rings (SSSR count). The number of hydrogen-bond acceptors (Lipinski definition) is 2. The smallest absolute Gasteiger partial charge is 0.372 e. The van der Waals surface area contributed by atoms with Crippen LogP contribution in [0.5, 0.6) is 0 Å². The van der Waals surface area contributed by atoms with Gasteiger partial charge in [-0.1, -0.05) is 13.3 Å². The molecule has 0 aromatic heterocycles. The summed E-state index contributed by atoms with van der Waals surface area (Å²) in [6.07, 6.45) is 1.15. The van der Waals surface area contributed by atoms with E-state index in [-0.39, 0.29) is 6.61 Å². The minimum Gasteiger partial charge on any atom is -0.372 e. The van der Waals surface area contributed by atoms with E-state index in [1.807, 2.05) is 6.92 Å². The SMILES string of the molecule is CCNC(=NCC1(CC)CCC1)NCCCOCC(F)(F)F. The van der Waals surface area contributed by atoms with Gasteiger partial charge < -0.3 is 15.4 Å². The fraction of sp³-hybridized carbons (Fsp3) is 0.933. The predicted molar refractivity (Wildman–Crippen MR) is 82.0 cm³/mol. The molecule has 0 amide bonds. The van der Waals surface area contributed by atoms with E-state index in [9.17, 15) is 13.2 Å². The molecule has 0 unspecified atom stereocenters. The molecule has 1 aliphatic rings. The minimum atomic E-state index is -4.25. The average Bonchev–Trinajstić information content (AvgIpc) is 2.40. The average molecular weight is 323 g/mol. The van der Waals surface area contributed by atoms with Gasteiger partial charge >= 0.3 is 6.18 Å². The summed E-state index contributed by atoms with van der Waals surface area (Å²) in [7, 11) is 0. The first-order chi connectivity index (χ1) is 10.4. The number of nitrogens with one attached hydrogen (secondary N) is 2. The number of guanidine groups is 1. The maximum absolute atomic E-state index is 11.9. The highest BCUT2D eigenvalue weighted by Gasteiger charge is 2.34. The summed E-state index contributed by atoms with van der Waals surface area (Å²) in [5.41, 5.74) is 0.359. The summed E-state index contributed by atoms with van der Waals surface area (Å²) >= 11 is 0. The molecule has 0 aromatic carbocycles. The maximum atomic E-state index is 11.9. The monoisotopic (exact) mass is 323 g/mol. The van der Waals surface area contributed by atoms with Crippen molar-refractivity contribution in [1.29, 1.82) is 0 Å². The van der Waals surface area contributed by atoms with Crippen molar-refractivity contribution in [2.45, 2.75) is 52.1 Å². The van der Waals surface area contributed by atoms with Crippen LogP contribution < -0.4 is 10.6 Å². The van der Waals surface area contributed by atoms with Gasteiger partial charge in [0.1, 0.15) is 6.61 Å². The Labute approximate surface area is 130 Å². The molecule has 0 atom stereocenters. The van der Waals surface area contributed by atoms with Crippen LogP contribution in [0, 0.1) is 5.41 Å². The molecular formula is C15H28F3N3O. The lowest BCUT2D eigenvalue weighted by Crippen LogP contribution is -2.40. The molecule has 0 bridgehead atoms. The maximum Gasteiger partial charge on any atom is 0.411 e. The number of ether oxygens (including phenoxy) is 1. The van der Waals surface area contributed by atoms with Gasteiger partial charge in [-0.3, -0.25) is 4.99 Å². The Morgan fingerprint density at radius 1 is 1.23 bits per heavy atom. The molecule has 0 spiro atoms. The lowest BCUT2D eigenvalue weighted by Gasteiger charge is -2.40. The number of hydrogen-bond donors (Lipinski definition) is 2. The molecule has 1 saturated carbocycles. The molecule has 2 N–H and O–H groups in total. The highest BCUT2D eigenvalue weighted by atomic mass is 19.4. The lowest BCUT2D eigenvalue weighted by molar-refractivity contribution is -0.173. The molecule has 1 aliphatic carbocycles. The number of rotatable bonds is 9. The third kappa shape index (κ3) is 7.33. The van der Waals surface area contributed by atoms with Gasteiger partial charge in [-0.15, -0.1) is 0 Å². The van der Waals surface area contributed by atoms with Gasteiger partial charge in [-0.25, -0.2) is 0 Å². The van der Waals surface area contributed by atoms with Crippen molar-refractivity contribution in [3.05, 3.63) is 0 Å². The van der Waals surface area contributed by atoms with Gasteiger partial charge in [0, 0.05) is 26.2 Å².